The zero-order valence-electron chi connectivity index (χ0n) is 10.00. The summed E-state index contributed by atoms with van der Waals surface area (Å²) in [5.41, 5.74) is 0.403. The Hall–Kier alpha value is -1.10. The van der Waals surface area contributed by atoms with Gasteiger partial charge in [0.1, 0.15) is 11.6 Å². The van der Waals surface area contributed by atoms with E-state index in [-0.39, 0.29) is 16.9 Å². The fourth-order valence-corrected chi connectivity index (χ4v) is 2.12. The molecule has 0 atom stereocenters. The molecule has 104 valence electrons. The highest BCUT2D eigenvalue weighted by Crippen LogP contribution is 2.24. The number of hydrogen-bond donors (Lipinski definition) is 0. The Labute approximate surface area is 133 Å². The number of ether oxygens (including phenoxy) is 1. The molecule has 0 fully saturated rings. The van der Waals surface area contributed by atoms with E-state index in [2.05, 4.69) is 15.9 Å². The summed E-state index contributed by atoms with van der Waals surface area (Å²) in [7, 11) is 0. The van der Waals surface area contributed by atoms with Gasteiger partial charge in [0.25, 0.3) is 0 Å². The Morgan fingerprint density at radius 3 is 2.55 bits per heavy atom. The second kappa shape index (κ2) is 6.57. The maximum Gasteiger partial charge on any atom is 0.200 e. The molecule has 2 aromatic rings. The number of carbonyl (C=O) groups is 1. The first-order valence-electron chi connectivity index (χ1n) is 5.53. The fourth-order valence-electron chi connectivity index (χ4n) is 1.47. The van der Waals surface area contributed by atoms with E-state index >= 15 is 0 Å². The van der Waals surface area contributed by atoms with Gasteiger partial charge in [0.2, 0.25) is 0 Å². The first kappa shape index (κ1) is 15.3. The maximum atomic E-state index is 13.0. The Balaban J connectivity index is 2.04. The number of Topliss-reactive ketones (excluding diaryl/α,β-unsaturated/α-hetero) is 1. The third kappa shape index (κ3) is 3.72. The molecule has 0 aromatic heterocycles. The summed E-state index contributed by atoms with van der Waals surface area (Å²) in [5, 5.41) is 0.689. The van der Waals surface area contributed by atoms with E-state index in [0.29, 0.717) is 21.4 Å². The SMILES string of the molecule is O=C(COc1ccc(F)c(Br)c1)c1ccc(Cl)c(Cl)c1. The second-order valence-electron chi connectivity index (χ2n) is 3.92. The molecule has 2 aromatic carbocycles. The summed E-state index contributed by atoms with van der Waals surface area (Å²) in [6.45, 7) is -0.171. The van der Waals surface area contributed by atoms with Crippen molar-refractivity contribution in [1.82, 2.24) is 0 Å². The van der Waals surface area contributed by atoms with Crippen LogP contribution in [-0.4, -0.2) is 12.4 Å². The molecule has 2 rings (SSSR count). The van der Waals surface area contributed by atoms with Crippen molar-refractivity contribution in [3.8, 4) is 5.75 Å². The molecule has 0 spiro atoms. The lowest BCUT2D eigenvalue weighted by molar-refractivity contribution is 0.0921. The van der Waals surface area contributed by atoms with Crippen molar-refractivity contribution in [3.05, 3.63) is 62.3 Å². The molecule has 6 heteroatoms. The minimum Gasteiger partial charge on any atom is -0.485 e. The lowest BCUT2D eigenvalue weighted by Gasteiger charge is -2.07. The molecule has 0 radical (unpaired) electrons. The van der Waals surface area contributed by atoms with E-state index in [1.165, 1.54) is 24.3 Å². The summed E-state index contributed by atoms with van der Waals surface area (Å²) in [5.74, 6) is -0.246. The number of hydrogen-bond acceptors (Lipinski definition) is 2. The zero-order chi connectivity index (χ0) is 14.7. The van der Waals surface area contributed by atoms with Gasteiger partial charge in [-0.05, 0) is 52.3 Å². The van der Waals surface area contributed by atoms with Gasteiger partial charge in [-0.1, -0.05) is 23.2 Å². The predicted octanol–water partition coefficient (Wildman–Crippen LogP) is 5.16. The molecule has 0 bridgehead atoms. The molecule has 0 saturated heterocycles. The summed E-state index contributed by atoms with van der Waals surface area (Å²) in [6.07, 6.45) is 0. The molecule has 0 amide bonds. The largest absolute Gasteiger partial charge is 0.485 e. The minimum absolute atomic E-state index is 0.171. The van der Waals surface area contributed by atoms with Crippen molar-refractivity contribution in [2.45, 2.75) is 0 Å². The van der Waals surface area contributed by atoms with Gasteiger partial charge in [0.05, 0.1) is 14.5 Å². The van der Waals surface area contributed by atoms with Crippen molar-refractivity contribution in [2.24, 2.45) is 0 Å². The highest BCUT2D eigenvalue weighted by atomic mass is 79.9. The average Bonchev–Trinajstić information content (AvgIpc) is 2.43. The highest BCUT2D eigenvalue weighted by Gasteiger charge is 2.10. The molecule has 0 aliphatic heterocycles. The van der Waals surface area contributed by atoms with Crippen LogP contribution in [0.15, 0.2) is 40.9 Å². The zero-order valence-corrected chi connectivity index (χ0v) is 13.1. The summed E-state index contributed by atoms with van der Waals surface area (Å²) in [4.78, 5) is 11.9. The first-order valence-corrected chi connectivity index (χ1v) is 7.08. The molecule has 20 heavy (non-hydrogen) atoms. The van der Waals surface area contributed by atoms with Crippen LogP contribution in [0.4, 0.5) is 4.39 Å². The maximum absolute atomic E-state index is 13.0. The van der Waals surface area contributed by atoms with Gasteiger partial charge in [-0.3, -0.25) is 4.79 Å². The Morgan fingerprint density at radius 2 is 1.90 bits per heavy atom. The van der Waals surface area contributed by atoms with Crippen molar-refractivity contribution in [2.75, 3.05) is 6.61 Å². The van der Waals surface area contributed by atoms with E-state index in [1.54, 1.807) is 12.1 Å². The van der Waals surface area contributed by atoms with Crippen LogP contribution in [0.1, 0.15) is 10.4 Å². The smallest absolute Gasteiger partial charge is 0.200 e. The van der Waals surface area contributed by atoms with E-state index in [4.69, 9.17) is 27.9 Å². The van der Waals surface area contributed by atoms with E-state index in [1.807, 2.05) is 0 Å². The third-order valence-electron chi connectivity index (χ3n) is 2.50. The average molecular weight is 378 g/mol. The van der Waals surface area contributed by atoms with Crippen LogP contribution < -0.4 is 4.74 Å². The number of ketones is 1. The Morgan fingerprint density at radius 1 is 1.15 bits per heavy atom. The topological polar surface area (TPSA) is 26.3 Å². The monoisotopic (exact) mass is 376 g/mol. The van der Waals surface area contributed by atoms with Gasteiger partial charge in [0.15, 0.2) is 12.4 Å². The van der Waals surface area contributed by atoms with E-state index in [0.717, 1.165) is 0 Å². The van der Waals surface area contributed by atoms with Crippen molar-refractivity contribution >= 4 is 44.9 Å². The van der Waals surface area contributed by atoms with Crippen LogP contribution in [0.5, 0.6) is 5.75 Å². The quantitative estimate of drug-likeness (QED) is 0.688. The van der Waals surface area contributed by atoms with Gasteiger partial charge >= 0.3 is 0 Å². The summed E-state index contributed by atoms with van der Waals surface area (Å²) >= 11 is 14.7. The van der Waals surface area contributed by atoms with Crippen LogP contribution >= 0.6 is 39.1 Å². The summed E-state index contributed by atoms with van der Waals surface area (Å²) in [6, 6.07) is 8.75. The highest BCUT2D eigenvalue weighted by molar-refractivity contribution is 9.10. The van der Waals surface area contributed by atoms with Crippen LogP contribution in [0, 0.1) is 5.82 Å². The van der Waals surface area contributed by atoms with Gasteiger partial charge < -0.3 is 4.74 Å². The van der Waals surface area contributed by atoms with Gasteiger partial charge in [-0.25, -0.2) is 4.39 Å². The predicted molar refractivity (Wildman–Crippen MR) is 80.4 cm³/mol. The molecule has 0 heterocycles. The lowest BCUT2D eigenvalue weighted by atomic mass is 10.1. The van der Waals surface area contributed by atoms with Crippen molar-refractivity contribution in [3.63, 3.8) is 0 Å². The summed E-state index contributed by atoms with van der Waals surface area (Å²) < 4.78 is 18.6. The number of rotatable bonds is 4. The van der Waals surface area contributed by atoms with Crippen LogP contribution in [-0.2, 0) is 0 Å². The molecule has 0 aliphatic carbocycles. The number of benzene rings is 2. The molecule has 2 nitrogen and oxygen atoms in total. The fraction of sp³-hybridized carbons (Fsp3) is 0.0714. The van der Waals surface area contributed by atoms with Gasteiger partial charge in [-0.15, -0.1) is 0 Å². The molecule has 0 N–H and O–H groups in total. The van der Waals surface area contributed by atoms with E-state index < -0.39 is 5.82 Å². The molecular weight excluding hydrogens is 370 g/mol. The number of halogens is 4. The molecular formula is C14H8BrCl2FO2. The van der Waals surface area contributed by atoms with E-state index in [9.17, 15) is 9.18 Å². The van der Waals surface area contributed by atoms with Gasteiger partial charge in [-0.2, -0.15) is 0 Å². The minimum atomic E-state index is -0.395. The van der Waals surface area contributed by atoms with Crippen LogP contribution in [0.2, 0.25) is 10.0 Å². The molecule has 0 aliphatic rings. The normalized spacial score (nSPS) is 10.4. The standard InChI is InChI=1S/C14H8BrCl2FO2/c15-10-6-9(2-4-13(10)18)20-7-14(19)8-1-3-11(16)12(17)5-8/h1-6H,7H2. The van der Waals surface area contributed by atoms with Crippen molar-refractivity contribution in [1.29, 1.82) is 0 Å². The first-order chi connectivity index (χ1) is 9.47. The molecule has 0 saturated carbocycles. The van der Waals surface area contributed by atoms with Crippen LogP contribution in [0.3, 0.4) is 0 Å². The van der Waals surface area contributed by atoms with Crippen LogP contribution in [0.25, 0.3) is 0 Å². The second-order valence-corrected chi connectivity index (χ2v) is 5.59. The molecule has 0 unspecified atom stereocenters. The Bertz CT molecular complexity index is 662. The van der Waals surface area contributed by atoms with Gasteiger partial charge in [0, 0.05) is 5.56 Å². The lowest BCUT2D eigenvalue weighted by Crippen LogP contribution is -2.11. The van der Waals surface area contributed by atoms with Crippen molar-refractivity contribution < 1.29 is 13.9 Å². The number of carbonyl (C=O) groups excluding carboxylic acids is 1. The Kier molecular flexibility index (Phi) is 5.02. The third-order valence-corrected chi connectivity index (χ3v) is 3.85.